The molecule has 0 fully saturated rings. The molecule has 0 atom stereocenters. The molecule has 0 saturated heterocycles. The summed E-state index contributed by atoms with van der Waals surface area (Å²) in [6.07, 6.45) is 0. The fraction of sp³-hybridized carbons (Fsp3) is 0.333. The van der Waals surface area contributed by atoms with Crippen LogP contribution in [0.1, 0.15) is 11.1 Å². The van der Waals surface area contributed by atoms with Crippen LogP contribution in [0.25, 0.3) is 0 Å². The van der Waals surface area contributed by atoms with Crippen molar-refractivity contribution in [3.8, 4) is 12.1 Å². The summed E-state index contributed by atoms with van der Waals surface area (Å²) in [5.74, 6) is -0.593. The summed E-state index contributed by atoms with van der Waals surface area (Å²) in [7, 11) is 0. The number of hydrogen-bond donors (Lipinski definition) is 1. The monoisotopic (exact) mass is 199 g/mol. The third kappa shape index (κ3) is 2.72. The maximum atomic E-state index is 8.62. The molecule has 0 saturated carbocycles. The van der Waals surface area contributed by atoms with Gasteiger partial charge < -0.3 is 5.32 Å². The Hall–Kier alpha value is -2.00. The van der Waals surface area contributed by atoms with Gasteiger partial charge in [0.1, 0.15) is 5.92 Å². The van der Waals surface area contributed by atoms with Crippen molar-refractivity contribution in [3.63, 3.8) is 0 Å². The maximum Gasteiger partial charge on any atom is 0.150 e. The Balaban J connectivity index is 2.71. The molecule has 0 amide bonds. The molecule has 0 aliphatic rings. The lowest BCUT2D eigenvalue weighted by Crippen LogP contribution is -2.11. The number of rotatable bonds is 3. The molecule has 1 rings (SSSR count). The SMILES string of the molecule is Cc1cccc(NCC(C#N)C#N)c1C. The van der Waals surface area contributed by atoms with E-state index in [9.17, 15) is 0 Å². The van der Waals surface area contributed by atoms with Crippen molar-refractivity contribution in [2.45, 2.75) is 13.8 Å². The molecule has 0 aliphatic heterocycles. The van der Waals surface area contributed by atoms with Gasteiger partial charge in [0.25, 0.3) is 0 Å². The number of anilines is 1. The van der Waals surface area contributed by atoms with Crippen molar-refractivity contribution in [2.75, 3.05) is 11.9 Å². The van der Waals surface area contributed by atoms with E-state index in [0.29, 0.717) is 6.54 Å². The van der Waals surface area contributed by atoms with E-state index >= 15 is 0 Å². The van der Waals surface area contributed by atoms with Crippen LogP contribution in [0.4, 0.5) is 5.69 Å². The van der Waals surface area contributed by atoms with E-state index in [2.05, 4.69) is 5.32 Å². The van der Waals surface area contributed by atoms with Gasteiger partial charge in [-0.25, -0.2) is 0 Å². The molecule has 0 bridgehead atoms. The minimum absolute atomic E-state index is 0.372. The molecule has 3 nitrogen and oxygen atoms in total. The Morgan fingerprint density at radius 2 is 1.93 bits per heavy atom. The van der Waals surface area contributed by atoms with Gasteiger partial charge in [-0.3, -0.25) is 0 Å². The van der Waals surface area contributed by atoms with Crippen molar-refractivity contribution in [2.24, 2.45) is 5.92 Å². The molecule has 0 aliphatic carbocycles. The molecule has 0 aromatic heterocycles. The summed E-state index contributed by atoms with van der Waals surface area (Å²) in [6.45, 7) is 4.43. The van der Waals surface area contributed by atoms with Gasteiger partial charge in [0.15, 0.2) is 0 Å². The number of nitriles is 2. The first-order valence-electron chi connectivity index (χ1n) is 4.78. The first-order chi connectivity index (χ1) is 7.19. The van der Waals surface area contributed by atoms with Gasteiger partial charge in [0.05, 0.1) is 12.1 Å². The van der Waals surface area contributed by atoms with Crippen LogP contribution >= 0.6 is 0 Å². The molecule has 0 radical (unpaired) electrons. The Kier molecular flexibility index (Phi) is 3.71. The summed E-state index contributed by atoms with van der Waals surface area (Å²) in [5.41, 5.74) is 3.35. The molecule has 0 unspecified atom stereocenters. The molecule has 1 N–H and O–H groups in total. The highest BCUT2D eigenvalue weighted by molar-refractivity contribution is 5.53. The van der Waals surface area contributed by atoms with Gasteiger partial charge in [-0.1, -0.05) is 12.1 Å². The molecular weight excluding hydrogens is 186 g/mol. The lowest BCUT2D eigenvalue weighted by molar-refractivity contribution is 0.886. The van der Waals surface area contributed by atoms with Crippen molar-refractivity contribution >= 4 is 5.69 Å². The fourth-order valence-electron chi connectivity index (χ4n) is 1.27. The zero-order valence-electron chi connectivity index (χ0n) is 8.91. The van der Waals surface area contributed by atoms with Gasteiger partial charge in [-0.05, 0) is 31.0 Å². The summed E-state index contributed by atoms with van der Waals surface area (Å²) in [5, 5.41) is 20.3. The van der Waals surface area contributed by atoms with Crippen LogP contribution in [0, 0.1) is 42.4 Å². The maximum absolute atomic E-state index is 8.62. The Morgan fingerprint density at radius 1 is 1.27 bits per heavy atom. The molecule has 15 heavy (non-hydrogen) atoms. The number of aryl methyl sites for hydroxylation is 1. The van der Waals surface area contributed by atoms with Gasteiger partial charge in [0.2, 0.25) is 0 Å². The zero-order valence-corrected chi connectivity index (χ0v) is 8.91. The fourth-order valence-corrected chi connectivity index (χ4v) is 1.27. The number of benzene rings is 1. The Labute approximate surface area is 90.0 Å². The van der Waals surface area contributed by atoms with Crippen LogP contribution in [0.15, 0.2) is 18.2 Å². The summed E-state index contributed by atoms with van der Waals surface area (Å²) in [6, 6.07) is 9.81. The highest BCUT2D eigenvalue weighted by Crippen LogP contribution is 2.17. The van der Waals surface area contributed by atoms with Crippen LogP contribution in [0.3, 0.4) is 0 Å². The smallest absolute Gasteiger partial charge is 0.150 e. The normalized spacial score (nSPS) is 9.40. The summed E-state index contributed by atoms with van der Waals surface area (Å²) >= 11 is 0. The predicted octanol–water partition coefficient (Wildman–Crippen LogP) is 2.38. The Morgan fingerprint density at radius 3 is 2.53 bits per heavy atom. The number of nitrogens with one attached hydrogen (secondary N) is 1. The second-order valence-corrected chi connectivity index (χ2v) is 3.44. The third-order valence-electron chi connectivity index (χ3n) is 2.41. The Bertz CT molecular complexity index is 409. The average molecular weight is 199 g/mol. The first-order valence-corrected chi connectivity index (χ1v) is 4.78. The van der Waals surface area contributed by atoms with Crippen LogP contribution in [-0.4, -0.2) is 6.54 Å². The van der Waals surface area contributed by atoms with Crippen molar-refractivity contribution in [1.29, 1.82) is 10.5 Å². The van der Waals surface area contributed by atoms with Crippen molar-refractivity contribution in [1.82, 2.24) is 0 Å². The van der Waals surface area contributed by atoms with E-state index in [1.165, 1.54) is 5.56 Å². The van der Waals surface area contributed by atoms with Crippen LogP contribution in [-0.2, 0) is 0 Å². The first kappa shape index (κ1) is 11.1. The van der Waals surface area contributed by atoms with Gasteiger partial charge in [0, 0.05) is 12.2 Å². The molecule has 1 aromatic carbocycles. The minimum atomic E-state index is -0.593. The zero-order chi connectivity index (χ0) is 11.3. The van der Waals surface area contributed by atoms with Gasteiger partial charge in [-0.15, -0.1) is 0 Å². The van der Waals surface area contributed by atoms with Gasteiger partial charge >= 0.3 is 0 Å². The molecule has 0 heterocycles. The van der Waals surface area contributed by atoms with Gasteiger partial charge in [-0.2, -0.15) is 10.5 Å². The van der Waals surface area contributed by atoms with Crippen LogP contribution < -0.4 is 5.32 Å². The average Bonchev–Trinajstić information content (AvgIpc) is 2.25. The van der Waals surface area contributed by atoms with Crippen molar-refractivity contribution < 1.29 is 0 Å². The van der Waals surface area contributed by atoms with Crippen molar-refractivity contribution in [3.05, 3.63) is 29.3 Å². The topological polar surface area (TPSA) is 59.6 Å². The molecular formula is C12H13N3. The highest BCUT2D eigenvalue weighted by Gasteiger charge is 2.06. The molecule has 76 valence electrons. The van der Waals surface area contributed by atoms with E-state index in [1.54, 1.807) is 0 Å². The lowest BCUT2D eigenvalue weighted by Gasteiger charge is -2.11. The summed E-state index contributed by atoms with van der Waals surface area (Å²) in [4.78, 5) is 0. The standard InChI is InChI=1S/C12H13N3/c1-9-4-3-5-12(10(9)2)15-8-11(6-13)7-14/h3-5,11,15H,8H2,1-2H3. The van der Waals surface area contributed by atoms with Crippen LogP contribution in [0.5, 0.6) is 0 Å². The second kappa shape index (κ2) is 5.02. The third-order valence-corrected chi connectivity index (χ3v) is 2.41. The number of hydrogen-bond acceptors (Lipinski definition) is 3. The van der Waals surface area contributed by atoms with E-state index in [-0.39, 0.29) is 0 Å². The van der Waals surface area contributed by atoms with E-state index in [4.69, 9.17) is 10.5 Å². The predicted molar refractivity (Wildman–Crippen MR) is 59.1 cm³/mol. The van der Waals surface area contributed by atoms with E-state index in [0.717, 1.165) is 11.3 Å². The quantitative estimate of drug-likeness (QED) is 0.813. The lowest BCUT2D eigenvalue weighted by atomic mass is 10.1. The molecule has 1 aromatic rings. The molecule has 3 heteroatoms. The van der Waals surface area contributed by atoms with E-state index in [1.807, 2.05) is 44.2 Å². The second-order valence-electron chi connectivity index (χ2n) is 3.44. The summed E-state index contributed by atoms with van der Waals surface area (Å²) < 4.78 is 0. The highest BCUT2D eigenvalue weighted by atomic mass is 14.9. The van der Waals surface area contributed by atoms with E-state index < -0.39 is 5.92 Å². The van der Waals surface area contributed by atoms with Crippen LogP contribution in [0.2, 0.25) is 0 Å². The molecule has 0 spiro atoms. The minimum Gasteiger partial charge on any atom is -0.382 e. The largest absolute Gasteiger partial charge is 0.382 e. The number of nitrogens with zero attached hydrogens (tertiary/aromatic N) is 2.